The van der Waals surface area contributed by atoms with Crippen LogP contribution < -0.4 is 9.64 Å². The number of hydrogen-bond acceptors (Lipinski definition) is 3. The van der Waals surface area contributed by atoms with Gasteiger partial charge in [0.15, 0.2) is 0 Å². The molecule has 0 N–H and O–H groups in total. The number of hydrogen-bond donors (Lipinski definition) is 0. The molecule has 0 radical (unpaired) electrons. The summed E-state index contributed by atoms with van der Waals surface area (Å²) in [5.74, 6) is 0.798. The molecule has 0 aromatic heterocycles. The van der Waals surface area contributed by atoms with Gasteiger partial charge in [-0.2, -0.15) is 0 Å². The second kappa shape index (κ2) is 8.23. The number of para-hydroxylation sites is 2. The van der Waals surface area contributed by atoms with Crippen LogP contribution in [-0.4, -0.2) is 23.0 Å². The highest BCUT2D eigenvalue weighted by Crippen LogP contribution is 2.29. The van der Waals surface area contributed by atoms with Crippen LogP contribution in [0.3, 0.4) is 0 Å². The van der Waals surface area contributed by atoms with Crippen LogP contribution in [0.15, 0.2) is 94.8 Å². The molecule has 1 atom stereocenters. The number of amidine groups is 1. The summed E-state index contributed by atoms with van der Waals surface area (Å²) in [5, 5.41) is 0.553. The van der Waals surface area contributed by atoms with E-state index in [1.54, 1.807) is 7.11 Å². The quantitative estimate of drug-likeness (QED) is 0.632. The minimum absolute atomic E-state index is 0.536. The first-order valence-electron chi connectivity index (χ1n) is 8.97. The van der Waals surface area contributed by atoms with Crippen LogP contribution in [0.5, 0.6) is 5.75 Å². The Balaban J connectivity index is 1.73. The van der Waals surface area contributed by atoms with Crippen LogP contribution in [0, 0.1) is 0 Å². The first-order chi connectivity index (χ1) is 13.7. The van der Waals surface area contributed by atoms with E-state index in [1.807, 2.05) is 95.9 Å². The zero-order valence-corrected chi connectivity index (χ0v) is 16.3. The van der Waals surface area contributed by atoms with Gasteiger partial charge in [0.2, 0.25) is 5.17 Å². The maximum Gasteiger partial charge on any atom is 0.204 e. The van der Waals surface area contributed by atoms with Crippen molar-refractivity contribution >= 4 is 33.4 Å². The lowest BCUT2D eigenvalue weighted by molar-refractivity contribution is 0.415. The highest BCUT2D eigenvalue weighted by atomic mass is 32.2. The van der Waals surface area contributed by atoms with Gasteiger partial charge in [-0.05, 0) is 48.0 Å². The average molecular weight is 388 g/mol. The highest BCUT2D eigenvalue weighted by molar-refractivity contribution is 8.05. The largest absolute Gasteiger partial charge is 0.497 e. The van der Waals surface area contributed by atoms with Crippen molar-refractivity contribution in [2.45, 2.75) is 0 Å². The lowest BCUT2D eigenvalue weighted by Crippen LogP contribution is -2.25. The molecule has 1 heterocycles. The Bertz CT molecular complexity index is 1030. The molecule has 1 saturated heterocycles. The second-order valence-corrected chi connectivity index (χ2v) is 7.73. The zero-order chi connectivity index (χ0) is 19.3. The summed E-state index contributed by atoms with van der Waals surface area (Å²) in [6.07, 6.45) is 1.97. The van der Waals surface area contributed by atoms with Gasteiger partial charge in [0, 0.05) is 10.6 Å². The van der Waals surface area contributed by atoms with Gasteiger partial charge in [0.05, 0.1) is 19.3 Å². The van der Waals surface area contributed by atoms with Gasteiger partial charge in [0.1, 0.15) is 16.5 Å². The van der Waals surface area contributed by atoms with Crippen LogP contribution in [0.4, 0.5) is 11.4 Å². The molecule has 0 saturated carbocycles. The molecule has 4 nitrogen and oxygen atoms in total. The van der Waals surface area contributed by atoms with Crippen LogP contribution in [-0.2, 0) is 10.8 Å². The third kappa shape index (κ3) is 3.89. The summed E-state index contributed by atoms with van der Waals surface area (Å²) >= 11 is 0. The molecular weight excluding hydrogens is 368 g/mol. The first kappa shape index (κ1) is 18.2. The number of benzene rings is 3. The molecular formula is C23H20N2O2S. The van der Waals surface area contributed by atoms with E-state index in [0.717, 1.165) is 27.6 Å². The Hall–Kier alpha value is -3.18. The third-order valence-corrected chi connectivity index (χ3v) is 5.81. The number of methoxy groups -OCH3 is 1. The third-order valence-electron chi connectivity index (χ3n) is 4.44. The number of aliphatic imine (C=N–C) groups is 1. The molecule has 0 bridgehead atoms. The lowest BCUT2D eigenvalue weighted by Gasteiger charge is -2.16. The number of rotatable bonds is 4. The summed E-state index contributed by atoms with van der Waals surface area (Å²) < 4.78 is 18.5. The smallest absolute Gasteiger partial charge is 0.204 e. The summed E-state index contributed by atoms with van der Waals surface area (Å²) in [4.78, 5) is 7.53. The summed E-state index contributed by atoms with van der Waals surface area (Å²) in [6.45, 7) is 0.536. The van der Waals surface area contributed by atoms with Crippen LogP contribution in [0.2, 0.25) is 0 Å². The van der Waals surface area contributed by atoms with E-state index in [1.165, 1.54) is 0 Å². The molecule has 28 heavy (non-hydrogen) atoms. The molecule has 0 spiro atoms. The van der Waals surface area contributed by atoms with Crippen molar-refractivity contribution in [1.29, 1.82) is 0 Å². The van der Waals surface area contributed by atoms with Gasteiger partial charge in [-0.3, -0.25) is 0 Å². The predicted molar refractivity (Wildman–Crippen MR) is 116 cm³/mol. The van der Waals surface area contributed by atoms with Crippen molar-refractivity contribution < 1.29 is 8.95 Å². The molecule has 1 fully saturated rings. The van der Waals surface area contributed by atoms with E-state index in [0.29, 0.717) is 11.7 Å². The Kier molecular flexibility index (Phi) is 5.35. The maximum absolute atomic E-state index is 13.3. The fraction of sp³-hybridized carbons (Fsp3) is 0.0870. The second-order valence-electron chi connectivity index (χ2n) is 6.30. The van der Waals surface area contributed by atoms with Gasteiger partial charge >= 0.3 is 0 Å². The Labute approximate surface area is 167 Å². The summed E-state index contributed by atoms with van der Waals surface area (Å²) in [7, 11) is 0.311. The summed E-state index contributed by atoms with van der Waals surface area (Å²) in [6, 6.07) is 27.3. The minimum atomic E-state index is -1.33. The predicted octanol–water partition coefficient (Wildman–Crippen LogP) is 4.99. The van der Waals surface area contributed by atoms with Gasteiger partial charge in [-0.25, -0.2) is 9.20 Å². The SMILES string of the molecule is COc1ccc(C=C2CN(c3ccccc3)C(=Nc3ccccc3)S2=O)cc1. The fourth-order valence-corrected chi connectivity index (χ4v) is 4.29. The van der Waals surface area contributed by atoms with Crippen molar-refractivity contribution in [2.75, 3.05) is 18.6 Å². The number of anilines is 1. The van der Waals surface area contributed by atoms with Gasteiger partial charge in [0.25, 0.3) is 0 Å². The zero-order valence-electron chi connectivity index (χ0n) is 15.5. The normalized spacial score (nSPS) is 19.3. The van der Waals surface area contributed by atoms with E-state index in [4.69, 9.17) is 9.73 Å². The van der Waals surface area contributed by atoms with Crippen LogP contribution in [0.1, 0.15) is 5.56 Å². The molecule has 140 valence electrons. The number of nitrogens with zero attached hydrogens (tertiary/aromatic N) is 2. The van der Waals surface area contributed by atoms with Crippen molar-refractivity contribution in [3.05, 3.63) is 95.4 Å². The molecule has 1 aliphatic heterocycles. The maximum atomic E-state index is 13.3. The highest BCUT2D eigenvalue weighted by Gasteiger charge is 2.32. The molecule has 0 aliphatic carbocycles. The Morgan fingerprint density at radius 2 is 1.57 bits per heavy atom. The molecule has 0 amide bonds. The van der Waals surface area contributed by atoms with Crippen molar-refractivity contribution in [3.63, 3.8) is 0 Å². The van der Waals surface area contributed by atoms with E-state index in [-0.39, 0.29) is 0 Å². The van der Waals surface area contributed by atoms with Crippen LogP contribution >= 0.6 is 0 Å². The topological polar surface area (TPSA) is 41.9 Å². The lowest BCUT2D eigenvalue weighted by atomic mass is 10.2. The summed E-state index contributed by atoms with van der Waals surface area (Å²) in [5.41, 5.74) is 2.75. The first-order valence-corrected chi connectivity index (χ1v) is 10.1. The van der Waals surface area contributed by atoms with E-state index >= 15 is 0 Å². The average Bonchev–Trinajstić information content (AvgIpc) is 3.05. The monoisotopic (exact) mass is 388 g/mol. The number of ether oxygens (including phenoxy) is 1. The van der Waals surface area contributed by atoms with E-state index in [9.17, 15) is 4.21 Å². The van der Waals surface area contributed by atoms with Crippen molar-refractivity contribution in [3.8, 4) is 5.75 Å². The molecule has 5 heteroatoms. The van der Waals surface area contributed by atoms with E-state index in [2.05, 4.69) is 0 Å². The van der Waals surface area contributed by atoms with Crippen molar-refractivity contribution in [2.24, 2.45) is 4.99 Å². The molecule has 1 unspecified atom stereocenters. The fourth-order valence-electron chi connectivity index (χ4n) is 3.01. The molecule has 3 aromatic carbocycles. The van der Waals surface area contributed by atoms with Gasteiger partial charge in [-0.1, -0.05) is 48.5 Å². The Morgan fingerprint density at radius 1 is 0.929 bits per heavy atom. The standard InChI is InChI=1S/C23H20N2O2S/c1-27-21-14-12-18(13-15-21)16-22-17-25(20-10-6-3-7-11-20)23(28(22)26)24-19-8-4-2-5-9-19/h2-16H,17H2,1H3. The Morgan fingerprint density at radius 3 is 2.21 bits per heavy atom. The molecule has 3 aromatic rings. The van der Waals surface area contributed by atoms with Gasteiger partial charge in [-0.15, -0.1) is 0 Å². The van der Waals surface area contributed by atoms with E-state index < -0.39 is 10.8 Å². The van der Waals surface area contributed by atoms with Gasteiger partial charge < -0.3 is 9.64 Å². The molecule has 4 rings (SSSR count). The van der Waals surface area contributed by atoms with Crippen LogP contribution in [0.25, 0.3) is 6.08 Å². The molecule has 1 aliphatic rings. The minimum Gasteiger partial charge on any atom is -0.497 e. The van der Waals surface area contributed by atoms with Crippen molar-refractivity contribution in [1.82, 2.24) is 0 Å².